The molecule has 0 radical (unpaired) electrons. The normalized spacial score (nSPS) is 11.1. The third-order valence-electron chi connectivity index (χ3n) is 2.05. The smallest absolute Gasteiger partial charge is 0.293 e. The largest absolute Gasteiger partial charge is 0.424 e. The lowest BCUT2D eigenvalue weighted by Crippen LogP contribution is -1.83. The first-order valence-corrected chi connectivity index (χ1v) is 4.09. The molecule has 0 atom stereocenters. The number of nitrogen functional groups attached to an aromatic ring is 1. The molecule has 3 aromatic rings. The van der Waals surface area contributed by atoms with E-state index in [2.05, 4.69) is 15.0 Å². The summed E-state index contributed by atoms with van der Waals surface area (Å²) in [7, 11) is 0. The van der Waals surface area contributed by atoms with Crippen molar-refractivity contribution in [2.24, 2.45) is 0 Å². The van der Waals surface area contributed by atoms with Crippen LogP contribution in [0.5, 0.6) is 0 Å². The van der Waals surface area contributed by atoms with Crippen molar-refractivity contribution in [1.82, 2.24) is 15.0 Å². The molecule has 0 spiro atoms. The number of nitrogens with zero attached hydrogens (tertiary/aromatic N) is 3. The van der Waals surface area contributed by atoms with Crippen LogP contribution in [0.3, 0.4) is 0 Å². The molecule has 5 heteroatoms. The Morgan fingerprint density at radius 1 is 1.21 bits per heavy atom. The summed E-state index contributed by atoms with van der Waals surface area (Å²) in [4.78, 5) is 12.1. The van der Waals surface area contributed by atoms with Crippen molar-refractivity contribution in [3.05, 3.63) is 24.7 Å². The highest BCUT2D eigenvalue weighted by Crippen LogP contribution is 2.23. The Kier molecular flexibility index (Phi) is 1.25. The van der Waals surface area contributed by atoms with Gasteiger partial charge in [-0.2, -0.15) is 4.98 Å². The minimum Gasteiger partial charge on any atom is -0.424 e. The number of aromatic nitrogens is 3. The fourth-order valence-electron chi connectivity index (χ4n) is 1.46. The third-order valence-corrected chi connectivity index (χ3v) is 2.05. The molecule has 0 aliphatic rings. The maximum Gasteiger partial charge on any atom is 0.293 e. The van der Waals surface area contributed by atoms with Crippen LogP contribution in [0.4, 0.5) is 6.01 Å². The lowest BCUT2D eigenvalue weighted by molar-refractivity contribution is 0.626. The van der Waals surface area contributed by atoms with Gasteiger partial charge >= 0.3 is 0 Å². The van der Waals surface area contributed by atoms with Gasteiger partial charge < -0.3 is 10.2 Å². The Hall–Kier alpha value is -2.17. The summed E-state index contributed by atoms with van der Waals surface area (Å²) in [6, 6.07) is 3.85. The van der Waals surface area contributed by atoms with E-state index in [1.165, 1.54) is 6.33 Å². The summed E-state index contributed by atoms with van der Waals surface area (Å²) in [6.07, 6.45) is 3.21. The average molecular weight is 186 g/mol. The number of benzene rings is 1. The Labute approximate surface area is 78.6 Å². The first-order valence-electron chi connectivity index (χ1n) is 4.09. The van der Waals surface area contributed by atoms with E-state index < -0.39 is 0 Å². The fraction of sp³-hybridized carbons (Fsp3) is 0. The Balaban J connectivity index is 2.60. The van der Waals surface area contributed by atoms with Crippen molar-refractivity contribution in [1.29, 1.82) is 0 Å². The molecule has 0 unspecified atom stereocenters. The van der Waals surface area contributed by atoms with Crippen LogP contribution in [-0.2, 0) is 0 Å². The molecule has 5 nitrogen and oxygen atoms in total. The van der Waals surface area contributed by atoms with Gasteiger partial charge in [-0.05, 0) is 12.1 Å². The van der Waals surface area contributed by atoms with E-state index >= 15 is 0 Å². The molecular weight excluding hydrogens is 180 g/mol. The van der Waals surface area contributed by atoms with E-state index in [9.17, 15) is 0 Å². The first-order chi connectivity index (χ1) is 6.84. The van der Waals surface area contributed by atoms with Crippen LogP contribution in [0.1, 0.15) is 0 Å². The predicted octanol–water partition coefficient (Wildman–Crippen LogP) is 1.35. The van der Waals surface area contributed by atoms with Crippen LogP contribution in [0, 0.1) is 0 Å². The van der Waals surface area contributed by atoms with Crippen molar-refractivity contribution < 1.29 is 4.42 Å². The summed E-state index contributed by atoms with van der Waals surface area (Å²) >= 11 is 0. The molecule has 0 aliphatic heterocycles. The summed E-state index contributed by atoms with van der Waals surface area (Å²) in [5.74, 6) is 0. The van der Waals surface area contributed by atoms with Crippen LogP contribution < -0.4 is 5.73 Å². The van der Waals surface area contributed by atoms with E-state index in [1.807, 2.05) is 12.1 Å². The topological polar surface area (TPSA) is 77.8 Å². The van der Waals surface area contributed by atoms with Gasteiger partial charge in [0, 0.05) is 11.6 Å². The summed E-state index contributed by atoms with van der Waals surface area (Å²) in [5, 5.41) is 0.924. The summed E-state index contributed by atoms with van der Waals surface area (Å²) < 4.78 is 5.18. The van der Waals surface area contributed by atoms with Crippen molar-refractivity contribution in [2.75, 3.05) is 5.73 Å². The SMILES string of the molecule is Nc1nc2c(ccc3cncnc32)o1. The number of fused-ring (bicyclic) bond motifs is 3. The molecule has 3 rings (SSSR count). The highest BCUT2D eigenvalue weighted by Gasteiger charge is 2.07. The molecule has 2 N–H and O–H groups in total. The van der Waals surface area contributed by atoms with Gasteiger partial charge in [-0.3, -0.25) is 0 Å². The molecular formula is C9H6N4O. The number of oxazole rings is 1. The van der Waals surface area contributed by atoms with Gasteiger partial charge in [0.2, 0.25) is 0 Å². The van der Waals surface area contributed by atoms with E-state index in [0.29, 0.717) is 11.1 Å². The molecule has 0 saturated carbocycles. The van der Waals surface area contributed by atoms with Crippen molar-refractivity contribution in [3.8, 4) is 0 Å². The predicted molar refractivity (Wildman–Crippen MR) is 51.5 cm³/mol. The van der Waals surface area contributed by atoms with Crippen LogP contribution in [0.2, 0.25) is 0 Å². The molecule has 0 bridgehead atoms. The van der Waals surface area contributed by atoms with Crippen LogP contribution in [0.15, 0.2) is 29.1 Å². The molecule has 2 heterocycles. The van der Waals surface area contributed by atoms with E-state index in [-0.39, 0.29) is 6.01 Å². The zero-order valence-corrected chi connectivity index (χ0v) is 7.14. The second kappa shape index (κ2) is 2.41. The minimum atomic E-state index is 0.158. The minimum absolute atomic E-state index is 0.158. The van der Waals surface area contributed by atoms with E-state index in [0.717, 1.165) is 10.9 Å². The second-order valence-electron chi connectivity index (χ2n) is 2.92. The van der Waals surface area contributed by atoms with E-state index in [4.69, 9.17) is 10.2 Å². The molecule has 68 valence electrons. The molecule has 0 aliphatic carbocycles. The first kappa shape index (κ1) is 7.25. The monoisotopic (exact) mass is 186 g/mol. The third kappa shape index (κ3) is 0.861. The Bertz CT molecular complexity index is 616. The molecule has 2 aromatic heterocycles. The molecule has 0 saturated heterocycles. The highest BCUT2D eigenvalue weighted by atomic mass is 16.4. The van der Waals surface area contributed by atoms with Crippen LogP contribution in [0.25, 0.3) is 22.0 Å². The number of hydrogen-bond donors (Lipinski definition) is 1. The molecule has 1 aromatic carbocycles. The van der Waals surface area contributed by atoms with Crippen molar-refractivity contribution in [3.63, 3.8) is 0 Å². The van der Waals surface area contributed by atoms with Gasteiger partial charge in [0.15, 0.2) is 5.58 Å². The van der Waals surface area contributed by atoms with Gasteiger partial charge in [-0.15, -0.1) is 0 Å². The second-order valence-corrected chi connectivity index (χ2v) is 2.92. The van der Waals surface area contributed by atoms with Gasteiger partial charge in [-0.25, -0.2) is 9.97 Å². The summed E-state index contributed by atoms with van der Waals surface area (Å²) in [5.41, 5.74) is 7.55. The fourth-order valence-corrected chi connectivity index (χ4v) is 1.46. The maximum absolute atomic E-state index is 5.46. The Morgan fingerprint density at radius 3 is 3.07 bits per heavy atom. The molecule has 14 heavy (non-hydrogen) atoms. The zero-order valence-electron chi connectivity index (χ0n) is 7.14. The quantitative estimate of drug-likeness (QED) is 0.573. The van der Waals surface area contributed by atoms with Crippen molar-refractivity contribution in [2.45, 2.75) is 0 Å². The van der Waals surface area contributed by atoms with Crippen molar-refractivity contribution >= 4 is 28.0 Å². The van der Waals surface area contributed by atoms with Crippen LogP contribution in [-0.4, -0.2) is 15.0 Å². The lowest BCUT2D eigenvalue weighted by atomic mass is 10.2. The molecule has 0 amide bonds. The zero-order chi connectivity index (χ0) is 9.54. The summed E-state index contributed by atoms with van der Waals surface area (Å²) in [6.45, 7) is 0. The van der Waals surface area contributed by atoms with Gasteiger partial charge in [0.25, 0.3) is 6.01 Å². The lowest BCUT2D eigenvalue weighted by Gasteiger charge is -1.93. The van der Waals surface area contributed by atoms with E-state index in [1.54, 1.807) is 6.20 Å². The number of rotatable bonds is 0. The maximum atomic E-state index is 5.46. The number of hydrogen-bond acceptors (Lipinski definition) is 5. The number of nitrogens with two attached hydrogens (primary N) is 1. The van der Waals surface area contributed by atoms with Gasteiger partial charge in [-0.1, -0.05) is 0 Å². The molecule has 0 fully saturated rings. The highest BCUT2D eigenvalue weighted by molar-refractivity contribution is 6.00. The standard InChI is InChI=1S/C9H6N4O/c10-9-13-8-6(14-9)2-1-5-3-11-4-12-7(5)8/h1-4H,(H2,10,13). The van der Waals surface area contributed by atoms with Gasteiger partial charge in [0.05, 0.1) is 0 Å². The number of anilines is 1. The van der Waals surface area contributed by atoms with Gasteiger partial charge in [0.1, 0.15) is 17.4 Å². The average Bonchev–Trinajstić information content (AvgIpc) is 2.59. The van der Waals surface area contributed by atoms with Crippen LogP contribution >= 0.6 is 0 Å². The Morgan fingerprint density at radius 2 is 2.14 bits per heavy atom.